The summed E-state index contributed by atoms with van der Waals surface area (Å²) in [6.07, 6.45) is 2.12. The van der Waals surface area contributed by atoms with E-state index in [1.54, 1.807) is 23.9 Å². The molecule has 0 aliphatic rings. The van der Waals surface area contributed by atoms with E-state index in [2.05, 4.69) is 10.4 Å². The van der Waals surface area contributed by atoms with Gasteiger partial charge in [-0.25, -0.2) is 4.68 Å². The molecule has 1 heterocycles. The molecule has 1 unspecified atom stereocenters. The maximum absolute atomic E-state index is 11.8. The van der Waals surface area contributed by atoms with Crippen LogP contribution in [0.3, 0.4) is 0 Å². The number of aliphatic carboxylic acids is 1. The summed E-state index contributed by atoms with van der Waals surface area (Å²) in [6, 6.07) is 1.87. The Morgan fingerprint density at radius 2 is 2.21 bits per heavy atom. The number of nitrogens with zero attached hydrogens (tertiary/aromatic N) is 2. The van der Waals surface area contributed by atoms with E-state index < -0.39 is 11.2 Å². The van der Waals surface area contributed by atoms with Gasteiger partial charge in [-0.2, -0.15) is 5.10 Å². The van der Waals surface area contributed by atoms with Crippen LogP contribution in [0.1, 0.15) is 33.2 Å². The second kappa shape index (κ2) is 7.18. The van der Waals surface area contributed by atoms with Gasteiger partial charge in [0.25, 0.3) is 0 Å². The molecule has 19 heavy (non-hydrogen) atoms. The average molecular weight is 285 g/mol. The van der Waals surface area contributed by atoms with Crippen molar-refractivity contribution in [2.75, 3.05) is 11.1 Å². The Balaban J connectivity index is 2.51. The van der Waals surface area contributed by atoms with Crippen LogP contribution >= 0.6 is 11.8 Å². The van der Waals surface area contributed by atoms with E-state index in [1.807, 2.05) is 13.8 Å². The number of nitrogens with one attached hydrogen (secondary N) is 1. The van der Waals surface area contributed by atoms with Crippen LogP contribution in [0.4, 0.5) is 5.82 Å². The maximum Gasteiger partial charge on any atom is 0.316 e. The van der Waals surface area contributed by atoms with Crippen LogP contribution in [0, 0.1) is 0 Å². The van der Waals surface area contributed by atoms with Crippen LogP contribution in [0.2, 0.25) is 0 Å². The number of carboxylic acid groups (broad SMARTS) is 1. The molecule has 0 fully saturated rings. The first-order valence-corrected chi connectivity index (χ1v) is 7.18. The number of anilines is 1. The number of thioether (sulfide) groups is 1. The molecule has 0 spiro atoms. The van der Waals surface area contributed by atoms with E-state index in [9.17, 15) is 9.59 Å². The summed E-state index contributed by atoms with van der Waals surface area (Å²) >= 11 is 1.13. The highest BCUT2D eigenvalue weighted by Gasteiger charge is 2.17. The molecule has 6 nitrogen and oxygen atoms in total. The van der Waals surface area contributed by atoms with Gasteiger partial charge >= 0.3 is 5.97 Å². The summed E-state index contributed by atoms with van der Waals surface area (Å²) in [4.78, 5) is 22.6. The molecule has 0 aliphatic heterocycles. The molecule has 0 aromatic carbocycles. The average Bonchev–Trinajstić information content (AvgIpc) is 2.77. The summed E-state index contributed by atoms with van der Waals surface area (Å²) < 4.78 is 1.71. The highest BCUT2D eigenvalue weighted by Crippen LogP contribution is 2.17. The number of carbonyl (C=O) groups excluding carboxylic acids is 1. The molecule has 0 saturated carbocycles. The molecule has 0 aliphatic carbocycles. The summed E-state index contributed by atoms with van der Waals surface area (Å²) in [5.74, 6) is -0.350. The van der Waals surface area contributed by atoms with E-state index in [4.69, 9.17) is 5.11 Å². The lowest BCUT2D eigenvalue weighted by Gasteiger charge is -2.12. The summed E-state index contributed by atoms with van der Waals surface area (Å²) in [6.45, 7) is 5.72. The van der Waals surface area contributed by atoms with Crippen LogP contribution in [0.5, 0.6) is 0 Å². The molecule has 0 radical (unpaired) electrons. The van der Waals surface area contributed by atoms with Gasteiger partial charge in [-0.15, -0.1) is 11.8 Å². The smallest absolute Gasteiger partial charge is 0.316 e. The van der Waals surface area contributed by atoms with Gasteiger partial charge in [-0.05, 0) is 20.3 Å². The minimum absolute atomic E-state index is 0.119. The fourth-order valence-corrected chi connectivity index (χ4v) is 2.35. The Morgan fingerprint density at radius 3 is 2.74 bits per heavy atom. The van der Waals surface area contributed by atoms with E-state index in [0.29, 0.717) is 12.2 Å². The standard InChI is InChI=1S/C12H19N3O3S/c1-4-9(12(17)18)19-7-11(16)14-10-5-6-13-15(10)8(2)3/h5-6,8-9H,4,7H2,1-3H3,(H,14,16)(H,17,18). The highest BCUT2D eigenvalue weighted by atomic mass is 32.2. The Hall–Kier alpha value is -1.50. The van der Waals surface area contributed by atoms with Gasteiger partial charge in [-0.3, -0.25) is 9.59 Å². The molecular formula is C12H19N3O3S. The largest absolute Gasteiger partial charge is 0.480 e. The minimum Gasteiger partial charge on any atom is -0.480 e. The van der Waals surface area contributed by atoms with Crippen molar-refractivity contribution in [2.24, 2.45) is 0 Å². The number of aromatic nitrogens is 2. The molecule has 7 heteroatoms. The third-order valence-electron chi connectivity index (χ3n) is 2.49. The normalized spacial score (nSPS) is 12.4. The third-order valence-corrected chi connectivity index (χ3v) is 3.85. The predicted molar refractivity (Wildman–Crippen MR) is 75.4 cm³/mol. The van der Waals surface area contributed by atoms with Gasteiger partial charge < -0.3 is 10.4 Å². The molecule has 1 rings (SSSR count). The monoisotopic (exact) mass is 285 g/mol. The van der Waals surface area contributed by atoms with E-state index in [0.717, 1.165) is 11.8 Å². The van der Waals surface area contributed by atoms with Gasteiger partial charge in [0.15, 0.2) is 0 Å². The first kappa shape index (κ1) is 15.6. The van der Waals surface area contributed by atoms with Crippen molar-refractivity contribution in [3.8, 4) is 0 Å². The number of hydrogen-bond donors (Lipinski definition) is 2. The molecular weight excluding hydrogens is 266 g/mol. The zero-order valence-corrected chi connectivity index (χ0v) is 12.1. The van der Waals surface area contributed by atoms with Crippen molar-refractivity contribution in [1.29, 1.82) is 0 Å². The molecule has 2 N–H and O–H groups in total. The van der Waals surface area contributed by atoms with Gasteiger partial charge in [0.2, 0.25) is 5.91 Å². The Labute approximate surface area is 116 Å². The molecule has 0 bridgehead atoms. The van der Waals surface area contributed by atoms with Crippen LogP contribution in [0.15, 0.2) is 12.3 Å². The number of carboxylic acids is 1. The van der Waals surface area contributed by atoms with Gasteiger partial charge in [0.05, 0.1) is 11.9 Å². The van der Waals surface area contributed by atoms with Gasteiger partial charge in [0.1, 0.15) is 11.1 Å². The van der Waals surface area contributed by atoms with Gasteiger partial charge in [-0.1, -0.05) is 6.92 Å². The van der Waals surface area contributed by atoms with Crippen molar-refractivity contribution < 1.29 is 14.7 Å². The number of rotatable bonds is 7. The molecule has 1 atom stereocenters. The molecule has 106 valence electrons. The second-order valence-electron chi connectivity index (χ2n) is 4.35. The fraction of sp³-hybridized carbons (Fsp3) is 0.583. The predicted octanol–water partition coefficient (Wildman–Crippen LogP) is 2.00. The highest BCUT2D eigenvalue weighted by molar-refractivity contribution is 8.01. The molecule has 1 aromatic rings. The van der Waals surface area contributed by atoms with Crippen molar-refractivity contribution in [1.82, 2.24) is 9.78 Å². The molecule has 0 saturated heterocycles. The third kappa shape index (κ3) is 4.59. The maximum atomic E-state index is 11.8. The number of carbonyl (C=O) groups is 2. The summed E-state index contributed by atoms with van der Waals surface area (Å²) in [5, 5.41) is 15.2. The quantitative estimate of drug-likeness (QED) is 0.800. The van der Waals surface area contributed by atoms with Crippen molar-refractivity contribution in [3.63, 3.8) is 0 Å². The lowest BCUT2D eigenvalue weighted by atomic mass is 10.3. The molecule has 1 amide bonds. The van der Waals surface area contributed by atoms with Crippen LogP contribution in [-0.2, 0) is 9.59 Å². The van der Waals surface area contributed by atoms with Crippen LogP contribution in [0.25, 0.3) is 0 Å². The lowest BCUT2D eigenvalue weighted by Crippen LogP contribution is -2.22. The van der Waals surface area contributed by atoms with Gasteiger partial charge in [0, 0.05) is 12.1 Å². The summed E-state index contributed by atoms with van der Waals surface area (Å²) in [7, 11) is 0. The first-order valence-electron chi connectivity index (χ1n) is 6.13. The Bertz CT molecular complexity index is 445. The Kier molecular flexibility index (Phi) is 5.88. The van der Waals surface area contributed by atoms with Crippen LogP contribution in [-0.4, -0.2) is 37.8 Å². The first-order chi connectivity index (χ1) is 8.95. The van der Waals surface area contributed by atoms with Crippen molar-refractivity contribution >= 4 is 29.5 Å². The second-order valence-corrected chi connectivity index (χ2v) is 5.54. The zero-order chi connectivity index (χ0) is 14.4. The van der Waals surface area contributed by atoms with Crippen molar-refractivity contribution in [3.05, 3.63) is 12.3 Å². The van der Waals surface area contributed by atoms with E-state index in [-0.39, 0.29) is 17.7 Å². The SMILES string of the molecule is CCC(SCC(=O)Nc1ccnn1C(C)C)C(=O)O. The lowest BCUT2D eigenvalue weighted by molar-refractivity contribution is -0.136. The van der Waals surface area contributed by atoms with Crippen LogP contribution < -0.4 is 5.32 Å². The zero-order valence-electron chi connectivity index (χ0n) is 11.3. The topological polar surface area (TPSA) is 84.2 Å². The fourth-order valence-electron chi connectivity index (χ4n) is 1.54. The van der Waals surface area contributed by atoms with E-state index >= 15 is 0 Å². The number of hydrogen-bond acceptors (Lipinski definition) is 4. The van der Waals surface area contributed by atoms with E-state index in [1.165, 1.54) is 0 Å². The minimum atomic E-state index is -0.882. The van der Waals surface area contributed by atoms with Crippen molar-refractivity contribution in [2.45, 2.75) is 38.5 Å². The summed E-state index contributed by atoms with van der Waals surface area (Å²) in [5.41, 5.74) is 0. The Morgan fingerprint density at radius 1 is 1.53 bits per heavy atom. The number of amides is 1. The molecule has 1 aromatic heterocycles.